The van der Waals surface area contributed by atoms with Gasteiger partial charge in [0, 0.05) is 19.0 Å². The van der Waals surface area contributed by atoms with Gasteiger partial charge in [0.2, 0.25) is 5.91 Å². The third-order valence-electron chi connectivity index (χ3n) is 3.32. The van der Waals surface area contributed by atoms with E-state index < -0.39 is 0 Å². The fourth-order valence-corrected chi connectivity index (χ4v) is 1.99. The summed E-state index contributed by atoms with van der Waals surface area (Å²) < 4.78 is 0. The fourth-order valence-electron chi connectivity index (χ4n) is 1.99. The van der Waals surface area contributed by atoms with Gasteiger partial charge in [0.15, 0.2) is 0 Å². The van der Waals surface area contributed by atoms with E-state index in [1.165, 1.54) is 0 Å². The van der Waals surface area contributed by atoms with Crippen molar-refractivity contribution in [1.82, 2.24) is 4.90 Å². The van der Waals surface area contributed by atoms with Crippen LogP contribution in [0.4, 0.5) is 0 Å². The van der Waals surface area contributed by atoms with E-state index in [0.29, 0.717) is 18.4 Å². The molecule has 3 heteroatoms. The molecule has 1 aliphatic heterocycles. The lowest BCUT2D eigenvalue weighted by Crippen LogP contribution is -2.34. The zero-order chi connectivity index (χ0) is 10.7. The van der Waals surface area contributed by atoms with Crippen molar-refractivity contribution in [1.29, 1.82) is 0 Å². The number of hydrogen-bond donors (Lipinski definition) is 1. The minimum absolute atomic E-state index is 0.0949. The van der Waals surface area contributed by atoms with Crippen molar-refractivity contribution >= 4 is 5.91 Å². The van der Waals surface area contributed by atoms with E-state index in [0.717, 1.165) is 19.5 Å². The number of carbonyl (C=O) groups excluding carboxylic acids is 1. The Morgan fingerprint density at radius 3 is 2.36 bits per heavy atom. The summed E-state index contributed by atoms with van der Waals surface area (Å²) in [5.41, 5.74) is 5.45. The van der Waals surface area contributed by atoms with Gasteiger partial charge in [-0.25, -0.2) is 0 Å². The van der Waals surface area contributed by atoms with Crippen LogP contribution < -0.4 is 5.73 Å². The minimum Gasteiger partial charge on any atom is -0.342 e. The first-order valence-corrected chi connectivity index (χ1v) is 5.55. The molecule has 3 unspecified atom stereocenters. The molecule has 1 fully saturated rings. The predicted molar refractivity (Wildman–Crippen MR) is 57.7 cm³/mol. The Morgan fingerprint density at radius 1 is 1.43 bits per heavy atom. The molecule has 0 bridgehead atoms. The second-order valence-electron chi connectivity index (χ2n) is 4.68. The van der Waals surface area contributed by atoms with Crippen LogP contribution in [0.15, 0.2) is 0 Å². The van der Waals surface area contributed by atoms with Gasteiger partial charge < -0.3 is 10.6 Å². The third-order valence-corrected chi connectivity index (χ3v) is 3.32. The highest BCUT2D eigenvalue weighted by Crippen LogP contribution is 2.23. The quantitative estimate of drug-likeness (QED) is 0.737. The molecule has 3 atom stereocenters. The van der Waals surface area contributed by atoms with E-state index in [9.17, 15) is 4.79 Å². The van der Waals surface area contributed by atoms with Crippen molar-refractivity contribution in [2.45, 2.75) is 27.2 Å². The minimum atomic E-state index is 0.0949. The summed E-state index contributed by atoms with van der Waals surface area (Å²) in [4.78, 5) is 13.9. The van der Waals surface area contributed by atoms with Crippen molar-refractivity contribution in [3.63, 3.8) is 0 Å². The van der Waals surface area contributed by atoms with E-state index >= 15 is 0 Å². The molecule has 0 radical (unpaired) electrons. The summed E-state index contributed by atoms with van der Waals surface area (Å²) in [6.45, 7) is 8.86. The highest BCUT2D eigenvalue weighted by molar-refractivity contribution is 5.78. The molecule has 1 amide bonds. The molecule has 0 aromatic carbocycles. The molecule has 1 saturated heterocycles. The van der Waals surface area contributed by atoms with Gasteiger partial charge in [0.05, 0.1) is 0 Å². The van der Waals surface area contributed by atoms with Gasteiger partial charge >= 0.3 is 0 Å². The first kappa shape index (κ1) is 11.5. The molecule has 1 rings (SSSR count). The molecule has 1 aliphatic rings. The lowest BCUT2D eigenvalue weighted by atomic mass is 10.0. The summed E-state index contributed by atoms with van der Waals surface area (Å²) in [7, 11) is 0. The van der Waals surface area contributed by atoms with Crippen LogP contribution in [0.5, 0.6) is 0 Å². The van der Waals surface area contributed by atoms with E-state index in [1.54, 1.807) is 0 Å². The molecule has 0 aromatic heterocycles. The van der Waals surface area contributed by atoms with E-state index in [-0.39, 0.29) is 11.8 Å². The van der Waals surface area contributed by atoms with Crippen LogP contribution in [0.2, 0.25) is 0 Å². The Kier molecular flexibility index (Phi) is 3.93. The number of nitrogens with zero attached hydrogens (tertiary/aromatic N) is 1. The summed E-state index contributed by atoms with van der Waals surface area (Å²) >= 11 is 0. The molecule has 3 nitrogen and oxygen atoms in total. The van der Waals surface area contributed by atoms with Crippen molar-refractivity contribution < 1.29 is 4.79 Å². The average molecular weight is 198 g/mol. The first-order chi connectivity index (χ1) is 6.56. The van der Waals surface area contributed by atoms with Gasteiger partial charge in [-0.15, -0.1) is 0 Å². The summed E-state index contributed by atoms with van der Waals surface area (Å²) in [5.74, 6) is 1.66. The van der Waals surface area contributed by atoms with Crippen LogP contribution in [-0.4, -0.2) is 30.4 Å². The number of carbonyl (C=O) groups is 1. The number of likely N-dealkylation sites (tertiary alicyclic amines) is 1. The Bertz CT molecular complexity index is 195. The monoisotopic (exact) mass is 198 g/mol. The molecule has 2 N–H and O–H groups in total. The van der Waals surface area contributed by atoms with Gasteiger partial charge in [-0.3, -0.25) is 4.79 Å². The van der Waals surface area contributed by atoms with E-state index in [2.05, 4.69) is 13.8 Å². The SMILES string of the molecule is CC(CCN)C(=O)N1CC(C)C(C)C1. The molecule has 0 spiro atoms. The second kappa shape index (κ2) is 4.78. The van der Waals surface area contributed by atoms with Gasteiger partial charge in [-0.05, 0) is 24.8 Å². The molecule has 0 saturated carbocycles. The van der Waals surface area contributed by atoms with Crippen molar-refractivity contribution in [3.8, 4) is 0 Å². The summed E-state index contributed by atoms with van der Waals surface area (Å²) in [6, 6.07) is 0. The zero-order valence-corrected chi connectivity index (χ0v) is 9.49. The van der Waals surface area contributed by atoms with Gasteiger partial charge in [0.25, 0.3) is 0 Å². The Hall–Kier alpha value is -0.570. The summed E-state index contributed by atoms with van der Waals surface area (Å²) in [5, 5.41) is 0. The standard InChI is InChI=1S/C11H22N2O/c1-8(4-5-12)11(14)13-6-9(2)10(3)7-13/h8-10H,4-7,12H2,1-3H3. The molecule has 0 aromatic rings. The Balaban J connectivity index is 2.46. The van der Waals surface area contributed by atoms with Crippen molar-refractivity contribution in [2.24, 2.45) is 23.5 Å². The van der Waals surface area contributed by atoms with Gasteiger partial charge in [-0.2, -0.15) is 0 Å². The first-order valence-electron chi connectivity index (χ1n) is 5.55. The van der Waals surface area contributed by atoms with Crippen LogP contribution in [0.1, 0.15) is 27.2 Å². The second-order valence-corrected chi connectivity index (χ2v) is 4.68. The fraction of sp³-hybridized carbons (Fsp3) is 0.909. The predicted octanol–water partition coefficient (Wildman–Crippen LogP) is 1.09. The lowest BCUT2D eigenvalue weighted by Gasteiger charge is -2.20. The number of nitrogens with two attached hydrogens (primary N) is 1. The lowest BCUT2D eigenvalue weighted by molar-refractivity contribution is -0.134. The van der Waals surface area contributed by atoms with Gasteiger partial charge in [0.1, 0.15) is 0 Å². The Morgan fingerprint density at radius 2 is 1.93 bits per heavy atom. The van der Waals surface area contributed by atoms with Crippen LogP contribution in [0.25, 0.3) is 0 Å². The third kappa shape index (κ3) is 2.47. The van der Waals surface area contributed by atoms with Crippen LogP contribution in [0.3, 0.4) is 0 Å². The number of hydrogen-bond acceptors (Lipinski definition) is 2. The largest absolute Gasteiger partial charge is 0.342 e. The van der Waals surface area contributed by atoms with Gasteiger partial charge in [-0.1, -0.05) is 20.8 Å². The maximum atomic E-state index is 11.9. The van der Waals surface area contributed by atoms with E-state index in [1.807, 2.05) is 11.8 Å². The molecule has 14 heavy (non-hydrogen) atoms. The summed E-state index contributed by atoms with van der Waals surface area (Å²) in [6.07, 6.45) is 0.804. The topological polar surface area (TPSA) is 46.3 Å². The molecule has 1 heterocycles. The van der Waals surface area contributed by atoms with Crippen molar-refractivity contribution in [2.75, 3.05) is 19.6 Å². The average Bonchev–Trinajstić information content (AvgIpc) is 2.46. The number of rotatable bonds is 3. The molecule has 82 valence electrons. The van der Waals surface area contributed by atoms with Crippen molar-refractivity contribution in [3.05, 3.63) is 0 Å². The normalized spacial score (nSPS) is 29.3. The van der Waals surface area contributed by atoms with Crippen LogP contribution in [0, 0.1) is 17.8 Å². The van der Waals surface area contributed by atoms with Crippen LogP contribution >= 0.6 is 0 Å². The zero-order valence-electron chi connectivity index (χ0n) is 9.49. The highest BCUT2D eigenvalue weighted by atomic mass is 16.2. The maximum absolute atomic E-state index is 11.9. The molecular weight excluding hydrogens is 176 g/mol. The van der Waals surface area contributed by atoms with E-state index in [4.69, 9.17) is 5.73 Å². The smallest absolute Gasteiger partial charge is 0.225 e. The number of amides is 1. The maximum Gasteiger partial charge on any atom is 0.225 e. The molecular formula is C11H22N2O. The highest BCUT2D eigenvalue weighted by Gasteiger charge is 2.30. The Labute approximate surface area is 86.6 Å². The van der Waals surface area contributed by atoms with Crippen LogP contribution in [-0.2, 0) is 4.79 Å². The molecule has 0 aliphatic carbocycles.